The molecule has 0 amide bonds. The van der Waals surface area contributed by atoms with Crippen LogP contribution in [0.15, 0.2) is 21.9 Å². The van der Waals surface area contributed by atoms with Crippen molar-refractivity contribution in [1.29, 1.82) is 0 Å². The zero-order valence-electron chi connectivity index (χ0n) is 13.9. The first-order chi connectivity index (χ1) is 12.2. The fraction of sp³-hybridized carbons (Fsp3) is 0.615. The monoisotopic (exact) mass is 410 g/mol. The summed E-state index contributed by atoms with van der Waals surface area (Å²) in [5.41, 5.74) is -1.25. The highest BCUT2D eigenvalue weighted by molar-refractivity contribution is 8.09. The number of H-pyrrole nitrogens is 1. The molecule has 11 nitrogen and oxygen atoms in total. The second kappa shape index (κ2) is 8.53. The van der Waals surface area contributed by atoms with Gasteiger partial charge in [-0.05, 0) is 11.8 Å². The number of carboxylic acids is 1. The summed E-state index contributed by atoms with van der Waals surface area (Å²) in [5, 5.41) is 8.74. The molecule has 1 aromatic rings. The van der Waals surface area contributed by atoms with Gasteiger partial charge in [-0.15, -0.1) is 0 Å². The van der Waals surface area contributed by atoms with Crippen molar-refractivity contribution in [1.82, 2.24) is 9.55 Å². The molecule has 146 valence electrons. The third-order valence-corrected chi connectivity index (χ3v) is 5.66. The average molecular weight is 410 g/mol. The van der Waals surface area contributed by atoms with Crippen molar-refractivity contribution in [3.63, 3.8) is 0 Å². The van der Waals surface area contributed by atoms with Crippen LogP contribution < -0.4 is 11.2 Å². The number of aromatic nitrogens is 2. The van der Waals surface area contributed by atoms with Crippen molar-refractivity contribution in [2.45, 2.75) is 24.5 Å². The minimum Gasteiger partial charge on any atom is -0.481 e. The molecular weight excluding hydrogens is 391 g/mol. The smallest absolute Gasteiger partial charge is 0.330 e. The van der Waals surface area contributed by atoms with Crippen LogP contribution in [0, 0.1) is 0 Å². The Morgan fingerprint density at radius 1 is 1.38 bits per heavy atom. The number of ether oxygens (including phenoxy) is 3. The summed E-state index contributed by atoms with van der Waals surface area (Å²) < 4.78 is 22.8. The Hall–Kier alpha value is -1.40. The first-order valence-electron chi connectivity index (χ1n) is 7.39. The van der Waals surface area contributed by atoms with Crippen LogP contribution in [0.25, 0.3) is 0 Å². The number of methoxy groups -OCH3 is 2. The summed E-state index contributed by atoms with van der Waals surface area (Å²) in [6.07, 6.45) is -2.58. The minimum atomic E-state index is -3.53. The molecule has 26 heavy (non-hydrogen) atoms. The lowest BCUT2D eigenvalue weighted by molar-refractivity contribution is -0.134. The van der Waals surface area contributed by atoms with Gasteiger partial charge in [0.2, 0.25) is 0 Å². The van der Waals surface area contributed by atoms with Crippen molar-refractivity contribution < 1.29 is 33.5 Å². The summed E-state index contributed by atoms with van der Waals surface area (Å²) in [6, 6.07) is 1.16. The lowest BCUT2D eigenvalue weighted by atomic mass is 10.1. The van der Waals surface area contributed by atoms with Gasteiger partial charge < -0.3 is 28.7 Å². The third-order valence-electron chi connectivity index (χ3n) is 3.73. The van der Waals surface area contributed by atoms with E-state index in [1.54, 1.807) is 0 Å². The first kappa shape index (κ1) is 20.9. The number of nitrogens with one attached hydrogen (secondary N) is 1. The number of hydrogen-bond donors (Lipinski definition) is 3. The van der Waals surface area contributed by atoms with Gasteiger partial charge in [-0.1, -0.05) is 0 Å². The van der Waals surface area contributed by atoms with Crippen molar-refractivity contribution in [2.24, 2.45) is 0 Å². The Labute approximate surface area is 152 Å². The normalized spacial score (nSPS) is 28.0. The van der Waals surface area contributed by atoms with Gasteiger partial charge >= 0.3 is 11.7 Å². The average Bonchev–Trinajstić information content (AvgIpc) is 2.89. The third kappa shape index (κ3) is 4.86. The summed E-state index contributed by atoms with van der Waals surface area (Å²) >= 11 is 4.79. The van der Waals surface area contributed by atoms with E-state index in [0.717, 1.165) is 10.6 Å². The molecule has 2 heterocycles. The fourth-order valence-electron chi connectivity index (χ4n) is 2.64. The number of carbonyl (C=O) groups is 1. The van der Waals surface area contributed by atoms with Gasteiger partial charge in [0.15, 0.2) is 12.7 Å². The van der Waals surface area contributed by atoms with Gasteiger partial charge in [0, 0.05) is 26.5 Å². The lowest BCUT2D eigenvalue weighted by Crippen LogP contribution is -2.39. The van der Waals surface area contributed by atoms with Crippen molar-refractivity contribution in [3.05, 3.63) is 33.1 Å². The number of nitrogens with zero attached hydrogens (tertiary/aromatic N) is 1. The standard InChI is InChI=1S/C13H19N2O9PS/c1-21-10-7(5-23-25(20,26)6-9(17)18)24-12(11(10)22-2)15-4-3-8(16)14-13(15)19/h3-4,7,10-12H,5-6H2,1-2H3,(H,17,18)(H,20,26)(H,14,16,19)/t7-,10-,11-,12-,25?/m1/s1. The summed E-state index contributed by atoms with van der Waals surface area (Å²) in [6.45, 7) is -3.79. The Balaban J connectivity index is 2.21. The van der Waals surface area contributed by atoms with Gasteiger partial charge in [-0.25, -0.2) is 4.79 Å². The molecule has 0 spiro atoms. The molecule has 1 saturated heterocycles. The summed E-state index contributed by atoms with van der Waals surface area (Å²) in [7, 11) is 2.80. The molecular formula is C13H19N2O9PS. The van der Waals surface area contributed by atoms with Crippen LogP contribution in [0.3, 0.4) is 0 Å². The molecule has 1 unspecified atom stereocenters. The van der Waals surface area contributed by atoms with Crippen LogP contribution in [-0.4, -0.2) is 70.8 Å². The quantitative estimate of drug-likeness (QED) is 0.449. The maximum Gasteiger partial charge on any atom is 0.330 e. The maximum atomic E-state index is 12.0. The summed E-state index contributed by atoms with van der Waals surface area (Å²) in [5.74, 6) is -1.28. The molecule has 0 aliphatic carbocycles. The van der Waals surface area contributed by atoms with E-state index in [-0.39, 0.29) is 6.61 Å². The van der Waals surface area contributed by atoms with E-state index in [1.165, 1.54) is 20.4 Å². The Morgan fingerprint density at radius 2 is 2.04 bits per heavy atom. The molecule has 0 bridgehead atoms. The van der Waals surface area contributed by atoms with Gasteiger partial charge in [-0.3, -0.25) is 19.1 Å². The number of hydrogen-bond acceptors (Lipinski definition) is 8. The Bertz CT molecular complexity index is 809. The van der Waals surface area contributed by atoms with E-state index in [0.29, 0.717) is 0 Å². The highest BCUT2D eigenvalue weighted by atomic mass is 32.5. The van der Waals surface area contributed by atoms with E-state index in [2.05, 4.69) is 4.98 Å². The fourth-order valence-corrected chi connectivity index (χ4v) is 3.96. The van der Waals surface area contributed by atoms with Crippen LogP contribution in [0.5, 0.6) is 0 Å². The van der Waals surface area contributed by atoms with Crippen LogP contribution in [0.1, 0.15) is 6.23 Å². The zero-order chi connectivity index (χ0) is 19.5. The zero-order valence-corrected chi connectivity index (χ0v) is 15.6. The molecule has 3 N–H and O–H groups in total. The van der Waals surface area contributed by atoms with Crippen LogP contribution >= 0.6 is 6.49 Å². The SMILES string of the molecule is CO[C@@H]1[C@H](OC)[C@@H](COP(O)(=S)CC(=O)O)O[C@H]1n1ccc(=O)[nH]c1=O. The number of aliphatic carboxylic acids is 1. The highest BCUT2D eigenvalue weighted by Crippen LogP contribution is 2.43. The predicted molar refractivity (Wildman–Crippen MR) is 91.8 cm³/mol. The van der Waals surface area contributed by atoms with Gasteiger partial charge in [0.05, 0.1) is 6.61 Å². The van der Waals surface area contributed by atoms with E-state index in [4.69, 9.17) is 35.6 Å². The van der Waals surface area contributed by atoms with Crippen LogP contribution in [-0.2, 0) is 35.3 Å². The second-order valence-corrected chi connectivity index (χ2v) is 9.03. The largest absolute Gasteiger partial charge is 0.481 e. The molecule has 1 fully saturated rings. The molecule has 13 heteroatoms. The molecule has 1 aliphatic rings. The minimum absolute atomic E-state index is 0.256. The topological polar surface area (TPSA) is 149 Å². The predicted octanol–water partition coefficient (Wildman–Crippen LogP) is -1.13. The molecule has 1 aromatic heterocycles. The number of rotatable bonds is 8. The molecule has 0 saturated carbocycles. The number of aromatic amines is 1. The lowest BCUT2D eigenvalue weighted by Gasteiger charge is -2.22. The Kier molecular flexibility index (Phi) is 6.86. The number of carboxylic acid groups (broad SMARTS) is 1. The van der Waals surface area contributed by atoms with Crippen LogP contribution in [0.2, 0.25) is 0 Å². The van der Waals surface area contributed by atoms with Crippen molar-refractivity contribution in [3.8, 4) is 0 Å². The van der Waals surface area contributed by atoms with Crippen LogP contribution in [0.4, 0.5) is 0 Å². The molecule has 1 aliphatic heterocycles. The molecule has 0 radical (unpaired) electrons. The highest BCUT2D eigenvalue weighted by Gasteiger charge is 2.47. The van der Waals surface area contributed by atoms with E-state index in [1.807, 2.05) is 0 Å². The van der Waals surface area contributed by atoms with Crippen molar-refractivity contribution >= 4 is 24.3 Å². The summed E-state index contributed by atoms with van der Waals surface area (Å²) in [4.78, 5) is 45.9. The van der Waals surface area contributed by atoms with Gasteiger partial charge in [-0.2, -0.15) is 0 Å². The van der Waals surface area contributed by atoms with Gasteiger partial charge in [0.25, 0.3) is 5.56 Å². The molecule has 0 aromatic carbocycles. The van der Waals surface area contributed by atoms with Gasteiger partial charge in [0.1, 0.15) is 24.5 Å². The van der Waals surface area contributed by atoms with E-state index >= 15 is 0 Å². The Morgan fingerprint density at radius 3 is 2.58 bits per heavy atom. The molecule has 2 rings (SSSR count). The maximum absolute atomic E-state index is 12.0. The molecule has 5 atom stereocenters. The second-order valence-electron chi connectivity index (χ2n) is 5.47. The van der Waals surface area contributed by atoms with E-state index in [9.17, 15) is 19.3 Å². The first-order valence-corrected chi connectivity index (χ1v) is 10.2. The van der Waals surface area contributed by atoms with E-state index < -0.39 is 54.4 Å². The van der Waals surface area contributed by atoms with Crippen molar-refractivity contribution in [2.75, 3.05) is 27.0 Å².